The van der Waals surface area contributed by atoms with Crippen molar-refractivity contribution >= 4 is 11.4 Å². The Balaban J connectivity index is 2.14. The smallest absolute Gasteiger partial charge is 0.151 e. The first-order chi connectivity index (χ1) is 8.45. The van der Waals surface area contributed by atoms with Crippen LogP contribution in [0.4, 0.5) is 20.2 Å². The highest BCUT2D eigenvalue weighted by molar-refractivity contribution is 5.67. The molecule has 2 rings (SSSR count). The molecule has 2 atom stereocenters. The highest BCUT2D eigenvalue weighted by atomic mass is 19.1. The van der Waals surface area contributed by atoms with Gasteiger partial charge >= 0.3 is 0 Å². The van der Waals surface area contributed by atoms with Gasteiger partial charge in [-0.25, -0.2) is 8.78 Å². The Kier molecular flexibility index (Phi) is 3.73. The van der Waals surface area contributed by atoms with E-state index in [1.54, 1.807) is 0 Å². The maximum atomic E-state index is 13.3. The first-order valence-corrected chi connectivity index (χ1v) is 6.46. The van der Waals surface area contributed by atoms with Gasteiger partial charge in [0.05, 0.1) is 11.4 Å². The van der Waals surface area contributed by atoms with Crippen LogP contribution in [-0.2, 0) is 0 Å². The number of halogens is 2. The zero-order valence-electron chi connectivity index (χ0n) is 10.8. The van der Waals surface area contributed by atoms with E-state index in [0.717, 1.165) is 18.9 Å². The van der Waals surface area contributed by atoms with Gasteiger partial charge in [-0.15, -0.1) is 0 Å². The lowest BCUT2D eigenvalue weighted by atomic mass is 9.80. The van der Waals surface area contributed by atoms with Gasteiger partial charge in [-0.3, -0.25) is 0 Å². The van der Waals surface area contributed by atoms with Gasteiger partial charge in [-0.1, -0.05) is 13.8 Å². The van der Waals surface area contributed by atoms with Crippen LogP contribution in [0.3, 0.4) is 0 Å². The molecule has 0 bridgehead atoms. The molecule has 0 saturated heterocycles. The van der Waals surface area contributed by atoms with Gasteiger partial charge in [0, 0.05) is 12.1 Å². The largest absolute Gasteiger partial charge is 0.395 e. The van der Waals surface area contributed by atoms with Crippen LogP contribution in [0.1, 0.15) is 33.1 Å². The second kappa shape index (κ2) is 5.12. The summed E-state index contributed by atoms with van der Waals surface area (Å²) in [6, 6.07) is 2.32. The molecule has 100 valence electrons. The molecular formula is C14H20F2N2. The van der Waals surface area contributed by atoms with Crippen molar-refractivity contribution in [3.8, 4) is 0 Å². The molecule has 3 N–H and O–H groups in total. The molecule has 4 heteroatoms. The number of nitrogen functional groups attached to an aromatic ring is 1. The van der Waals surface area contributed by atoms with Gasteiger partial charge in [0.25, 0.3) is 0 Å². The minimum atomic E-state index is -0.700. The highest BCUT2D eigenvalue weighted by Gasteiger charge is 2.24. The first-order valence-electron chi connectivity index (χ1n) is 6.46. The van der Waals surface area contributed by atoms with Gasteiger partial charge < -0.3 is 11.1 Å². The monoisotopic (exact) mass is 254 g/mol. The van der Waals surface area contributed by atoms with E-state index in [2.05, 4.69) is 19.2 Å². The summed E-state index contributed by atoms with van der Waals surface area (Å²) in [6.07, 6.45) is 3.25. The fourth-order valence-corrected chi connectivity index (χ4v) is 2.99. The SMILES string of the molecule is CC1CC(C)CC(Nc2cc(F)cc(F)c2N)C1. The minimum absolute atomic E-state index is 0.00211. The molecule has 0 spiro atoms. The lowest BCUT2D eigenvalue weighted by Gasteiger charge is -2.32. The van der Waals surface area contributed by atoms with Crippen molar-refractivity contribution in [1.29, 1.82) is 0 Å². The summed E-state index contributed by atoms with van der Waals surface area (Å²) in [5.41, 5.74) is 6.01. The third-order valence-corrected chi connectivity index (χ3v) is 3.63. The van der Waals surface area contributed by atoms with Gasteiger partial charge in [0.15, 0.2) is 5.82 Å². The molecule has 0 heterocycles. The standard InChI is InChI=1S/C14H20F2N2/c1-8-3-9(2)5-11(4-8)18-13-7-10(15)6-12(16)14(13)17/h6-9,11,18H,3-5,17H2,1-2H3. The summed E-state index contributed by atoms with van der Waals surface area (Å²) in [4.78, 5) is 0. The Morgan fingerprint density at radius 2 is 1.72 bits per heavy atom. The van der Waals surface area contributed by atoms with E-state index < -0.39 is 11.6 Å². The molecule has 1 aromatic rings. The Morgan fingerprint density at radius 3 is 2.33 bits per heavy atom. The number of rotatable bonds is 2. The van der Waals surface area contributed by atoms with Crippen molar-refractivity contribution in [3.05, 3.63) is 23.8 Å². The van der Waals surface area contributed by atoms with Gasteiger partial charge in [0.2, 0.25) is 0 Å². The highest BCUT2D eigenvalue weighted by Crippen LogP contribution is 2.32. The van der Waals surface area contributed by atoms with Crippen LogP contribution in [0.15, 0.2) is 12.1 Å². The lowest BCUT2D eigenvalue weighted by Crippen LogP contribution is -2.30. The van der Waals surface area contributed by atoms with Crippen molar-refractivity contribution in [2.24, 2.45) is 11.8 Å². The van der Waals surface area contributed by atoms with Crippen LogP contribution in [0, 0.1) is 23.5 Å². The number of nitrogens with two attached hydrogens (primary N) is 1. The van der Waals surface area contributed by atoms with Crippen LogP contribution < -0.4 is 11.1 Å². The maximum Gasteiger partial charge on any atom is 0.151 e. The van der Waals surface area contributed by atoms with E-state index in [4.69, 9.17) is 5.73 Å². The average molecular weight is 254 g/mol. The molecule has 1 aromatic carbocycles. The topological polar surface area (TPSA) is 38.0 Å². The number of hydrogen-bond donors (Lipinski definition) is 2. The second-order valence-electron chi connectivity index (χ2n) is 5.61. The molecule has 1 fully saturated rings. The van der Waals surface area contributed by atoms with Crippen molar-refractivity contribution in [2.75, 3.05) is 11.1 Å². The summed E-state index contributed by atoms with van der Waals surface area (Å²) in [7, 11) is 0. The zero-order valence-corrected chi connectivity index (χ0v) is 10.8. The number of nitrogens with one attached hydrogen (secondary N) is 1. The molecule has 1 saturated carbocycles. The van der Waals surface area contributed by atoms with E-state index in [1.807, 2.05) is 0 Å². The fraction of sp³-hybridized carbons (Fsp3) is 0.571. The quantitative estimate of drug-likeness (QED) is 0.788. The zero-order chi connectivity index (χ0) is 13.3. The average Bonchev–Trinajstić information content (AvgIpc) is 2.23. The predicted molar refractivity (Wildman–Crippen MR) is 70.4 cm³/mol. The Morgan fingerprint density at radius 1 is 1.11 bits per heavy atom. The molecule has 0 aromatic heterocycles. The van der Waals surface area contributed by atoms with Gasteiger partial charge in [0.1, 0.15) is 5.82 Å². The summed E-state index contributed by atoms with van der Waals surface area (Å²) < 4.78 is 26.5. The predicted octanol–water partition coefficient (Wildman–Crippen LogP) is 3.78. The number of anilines is 2. The third kappa shape index (κ3) is 2.92. The summed E-state index contributed by atoms with van der Waals surface area (Å²) in [5, 5.41) is 3.19. The minimum Gasteiger partial charge on any atom is -0.395 e. The molecular weight excluding hydrogens is 234 g/mol. The van der Waals surface area contributed by atoms with Crippen LogP contribution in [-0.4, -0.2) is 6.04 Å². The Hall–Kier alpha value is -1.32. The third-order valence-electron chi connectivity index (χ3n) is 3.63. The molecule has 1 aliphatic rings. The molecule has 0 amide bonds. The molecule has 18 heavy (non-hydrogen) atoms. The van der Waals surface area contributed by atoms with Crippen LogP contribution in [0.2, 0.25) is 0 Å². The van der Waals surface area contributed by atoms with Crippen molar-refractivity contribution in [1.82, 2.24) is 0 Å². The first kappa shape index (κ1) is 13.1. The maximum absolute atomic E-state index is 13.3. The molecule has 0 aliphatic heterocycles. The lowest BCUT2D eigenvalue weighted by molar-refractivity contribution is 0.281. The summed E-state index contributed by atoms with van der Waals surface area (Å²) in [5.74, 6) is -0.0349. The fourth-order valence-electron chi connectivity index (χ4n) is 2.99. The molecule has 1 aliphatic carbocycles. The molecule has 2 unspecified atom stereocenters. The van der Waals surface area contributed by atoms with Gasteiger partial charge in [-0.2, -0.15) is 0 Å². The van der Waals surface area contributed by atoms with Crippen molar-refractivity contribution < 1.29 is 8.78 Å². The summed E-state index contributed by atoms with van der Waals surface area (Å²) in [6.45, 7) is 4.42. The van der Waals surface area contributed by atoms with Crippen LogP contribution in [0.25, 0.3) is 0 Å². The molecule has 2 nitrogen and oxygen atoms in total. The van der Waals surface area contributed by atoms with E-state index in [1.165, 1.54) is 12.5 Å². The van der Waals surface area contributed by atoms with Crippen molar-refractivity contribution in [3.63, 3.8) is 0 Å². The summed E-state index contributed by atoms with van der Waals surface area (Å²) >= 11 is 0. The Bertz CT molecular complexity index is 424. The molecule has 0 radical (unpaired) electrons. The van der Waals surface area contributed by atoms with Gasteiger partial charge in [-0.05, 0) is 37.2 Å². The van der Waals surface area contributed by atoms with E-state index in [0.29, 0.717) is 17.5 Å². The van der Waals surface area contributed by atoms with E-state index in [9.17, 15) is 8.78 Å². The van der Waals surface area contributed by atoms with E-state index in [-0.39, 0.29) is 11.7 Å². The number of hydrogen-bond acceptors (Lipinski definition) is 2. The normalized spacial score (nSPS) is 28.1. The van der Waals surface area contributed by atoms with Crippen molar-refractivity contribution in [2.45, 2.75) is 39.2 Å². The van der Waals surface area contributed by atoms with Crippen LogP contribution in [0.5, 0.6) is 0 Å². The van der Waals surface area contributed by atoms with Crippen LogP contribution >= 0.6 is 0 Å². The second-order valence-corrected chi connectivity index (χ2v) is 5.61. The Labute approximate surface area is 107 Å². The number of benzene rings is 1. The van der Waals surface area contributed by atoms with E-state index >= 15 is 0 Å².